The fourth-order valence-electron chi connectivity index (χ4n) is 3.66. The van der Waals surface area contributed by atoms with E-state index in [9.17, 15) is 0 Å². The minimum absolute atomic E-state index is 0.886. The summed E-state index contributed by atoms with van der Waals surface area (Å²) in [5, 5.41) is 4.81. The van der Waals surface area contributed by atoms with Crippen molar-refractivity contribution in [2.24, 2.45) is 23.7 Å². The molecule has 2 unspecified atom stereocenters. The van der Waals surface area contributed by atoms with Crippen LogP contribution in [0.25, 0.3) is 0 Å². The van der Waals surface area contributed by atoms with Crippen molar-refractivity contribution >= 4 is 0 Å². The Morgan fingerprint density at radius 1 is 1.07 bits per heavy atom. The molecule has 2 rings (SSSR count). The summed E-state index contributed by atoms with van der Waals surface area (Å²) in [4.78, 5) is 0. The van der Waals surface area contributed by atoms with Gasteiger partial charge in [0.15, 0.2) is 0 Å². The first kappa shape index (κ1) is 10.4. The van der Waals surface area contributed by atoms with E-state index in [2.05, 4.69) is 38.0 Å². The molecule has 1 heterocycles. The molecule has 14 heavy (non-hydrogen) atoms. The number of hydrazine groups is 1. The van der Waals surface area contributed by atoms with E-state index in [1.54, 1.807) is 0 Å². The first-order chi connectivity index (χ1) is 6.59. The van der Waals surface area contributed by atoms with E-state index in [0.29, 0.717) is 0 Å². The van der Waals surface area contributed by atoms with Gasteiger partial charge < -0.3 is 0 Å². The van der Waals surface area contributed by atoms with Gasteiger partial charge in [-0.15, -0.1) is 0 Å². The Hall–Kier alpha value is -0.0800. The molecule has 0 N–H and O–H groups in total. The van der Waals surface area contributed by atoms with Crippen LogP contribution in [0.2, 0.25) is 0 Å². The van der Waals surface area contributed by atoms with Crippen molar-refractivity contribution in [1.82, 2.24) is 10.0 Å². The van der Waals surface area contributed by atoms with Crippen molar-refractivity contribution in [1.29, 1.82) is 0 Å². The summed E-state index contributed by atoms with van der Waals surface area (Å²) in [5.41, 5.74) is 0. The molecule has 1 aliphatic heterocycles. The molecule has 0 aromatic carbocycles. The fraction of sp³-hybridized carbons (Fsp3) is 1.00. The van der Waals surface area contributed by atoms with E-state index in [1.165, 1.54) is 25.9 Å². The van der Waals surface area contributed by atoms with E-state index in [-0.39, 0.29) is 0 Å². The molecule has 0 amide bonds. The van der Waals surface area contributed by atoms with Crippen molar-refractivity contribution in [2.45, 2.75) is 26.7 Å². The summed E-state index contributed by atoms with van der Waals surface area (Å²) in [5.74, 6) is 3.83. The standard InChI is InChI=1S/C12H24N2/c1-9(2)12-10-5-6-11(12)8-14(7-10)13(3)4/h9-12H,5-8H2,1-4H3. The number of hydrogen-bond acceptors (Lipinski definition) is 2. The highest BCUT2D eigenvalue weighted by Crippen LogP contribution is 2.45. The summed E-state index contributed by atoms with van der Waals surface area (Å²) in [7, 11) is 4.35. The van der Waals surface area contributed by atoms with E-state index < -0.39 is 0 Å². The van der Waals surface area contributed by atoms with Gasteiger partial charge in [0.1, 0.15) is 0 Å². The van der Waals surface area contributed by atoms with Gasteiger partial charge in [-0.2, -0.15) is 0 Å². The Morgan fingerprint density at radius 2 is 1.57 bits per heavy atom. The molecular weight excluding hydrogens is 172 g/mol. The molecule has 0 radical (unpaired) electrons. The van der Waals surface area contributed by atoms with Gasteiger partial charge in [-0.25, -0.2) is 10.0 Å². The van der Waals surface area contributed by atoms with E-state index >= 15 is 0 Å². The van der Waals surface area contributed by atoms with Gasteiger partial charge in [0.05, 0.1) is 0 Å². The third kappa shape index (κ3) is 1.70. The number of piperidine rings is 1. The van der Waals surface area contributed by atoms with Gasteiger partial charge in [-0.05, 0) is 36.5 Å². The van der Waals surface area contributed by atoms with Crippen molar-refractivity contribution < 1.29 is 0 Å². The topological polar surface area (TPSA) is 6.48 Å². The molecular formula is C12H24N2. The molecule has 2 heteroatoms. The van der Waals surface area contributed by atoms with Crippen LogP contribution in [0.4, 0.5) is 0 Å². The number of nitrogens with zero attached hydrogens (tertiary/aromatic N) is 2. The Morgan fingerprint density at radius 3 is 1.93 bits per heavy atom. The third-order valence-corrected chi connectivity index (χ3v) is 4.22. The Labute approximate surface area is 88.2 Å². The molecule has 2 atom stereocenters. The molecule has 1 aliphatic carbocycles. The van der Waals surface area contributed by atoms with Crippen molar-refractivity contribution in [3.63, 3.8) is 0 Å². The molecule has 2 aliphatic rings. The Kier molecular flexibility index (Phi) is 2.85. The Balaban J connectivity index is 2.05. The zero-order valence-electron chi connectivity index (χ0n) is 10.0. The zero-order chi connectivity index (χ0) is 10.3. The minimum Gasteiger partial charge on any atom is -0.248 e. The highest BCUT2D eigenvalue weighted by Gasteiger charge is 2.43. The lowest BCUT2D eigenvalue weighted by molar-refractivity contribution is -0.0481. The van der Waals surface area contributed by atoms with Crippen LogP contribution in [0.1, 0.15) is 26.7 Å². The first-order valence-corrected chi connectivity index (χ1v) is 6.01. The van der Waals surface area contributed by atoms with Gasteiger partial charge >= 0.3 is 0 Å². The van der Waals surface area contributed by atoms with E-state index in [4.69, 9.17) is 0 Å². The van der Waals surface area contributed by atoms with Crippen molar-refractivity contribution in [3.8, 4) is 0 Å². The smallest absolute Gasteiger partial charge is 0.0164 e. The fourth-order valence-corrected chi connectivity index (χ4v) is 3.66. The molecule has 1 saturated heterocycles. The maximum absolute atomic E-state index is 2.53. The molecule has 0 aromatic heterocycles. The third-order valence-electron chi connectivity index (χ3n) is 4.22. The molecule has 2 bridgehead atoms. The number of rotatable bonds is 2. The monoisotopic (exact) mass is 196 g/mol. The van der Waals surface area contributed by atoms with Crippen molar-refractivity contribution in [3.05, 3.63) is 0 Å². The summed E-state index contributed by atoms with van der Waals surface area (Å²) in [6.45, 7) is 7.40. The summed E-state index contributed by atoms with van der Waals surface area (Å²) >= 11 is 0. The number of fused-ring (bicyclic) bond motifs is 2. The lowest BCUT2D eigenvalue weighted by atomic mass is 9.78. The normalized spacial score (nSPS) is 38.6. The maximum atomic E-state index is 2.53. The lowest BCUT2D eigenvalue weighted by Crippen LogP contribution is -2.49. The minimum atomic E-state index is 0.886. The average molecular weight is 196 g/mol. The SMILES string of the molecule is CC(C)C1C2CCC1CN(N(C)C)C2. The van der Waals surface area contributed by atoms with E-state index in [1.807, 2.05) is 0 Å². The Bertz CT molecular complexity index is 186. The molecule has 2 nitrogen and oxygen atoms in total. The van der Waals surface area contributed by atoms with Gasteiger partial charge in [-0.1, -0.05) is 13.8 Å². The van der Waals surface area contributed by atoms with Crippen LogP contribution in [-0.2, 0) is 0 Å². The number of hydrogen-bond donors (Lipinski definition) is 0. The maximum Gasteiger partial charge on any atom is 0.0164 e. The molecule has 82 valence electrons. The largest absolute Gasteiger partial charge is 0.248 e. The van der Waals surface area contributed by atoms with Gasteiger partial charge in [-0.3, -0.25) is 0 Å². The summed E-state index contributed by atoms with van der Waals surface area (Å²) in [6, 6.07) is 0. The highest BCUT2D eigenvalue weighted by molar-refractivity contribution is 4.93. The second-order valence-electron chi connectivity index (χ2n) is 5.64. The highest BCUT2D eigenvalue weighted by atomic mass is 15.6. The second kappa shape index (κ2) is 3.82. The van der Waals surface area contributed by atoms with Gasteiger partial charge in [0.2, 0.25) is 0 Å². The molecule has 0 spiro atoms. The van der Waals surface area contributed by atoms with Crippen LogP contribution >= 0.6 is 0 Å². The second-order valence-corrected chi connectivity index (χ2v) is 5.64. The van der Waals surface area contributed by atoms with Crippen LogP contribution in [-0.4, -0.2) is 37.2 Å². The average Bonchev–Trinajstić information content (AvgIpc) is 2.37. The van der Waals surface area contributed by atoms with Crippen LogP contribution in [0, 0.1) is 23.7 Å². The van der Waals surface area contributed by atoms with Gasteiger partial charge in [0, 0.05) is 27.2 Å². The van der Waals surface area contributed by atoms with Crippen LogP contribution in [0.3, 0.4) is 0 Å². The summed E-state index contributed by atoms with van der Waals surface area (Å²) in [6.07, 6.45) is 2.94. The quantitative estimate of drug-likeness (QED) is 0.667. The predicted molar refractivity (Wildman–Crippen MR) is 59.8 cm³/mol. The van der Waals surface area contributed by atoms with Crippen molar-refractivity contribution in [2.75, 3.05) is 27.2 Å². The molecule has 1 saturated carbocycles. The van der Waals surface area contributed by atoms with Crippen LogP contribution in [0.15, 0.2) is 0 Å². The lowest BCUT2D eigenvalue weighted by Gasteiger charge is -2.42. The summed E-state index contributed by atoms with van der Waals surface area (Å²) < 4.78 is 0. The zero-order valence-corrected chi connectivity index (χ0v) is 10.0. The molecule has 0 aromatic rings. The first-order valence-electron chi connectivity index (χ1n) is 6.01. The van der Waals surface area contributed by atoms with Gasteiger partial charge in [0.25, 0.3) is 0 Å². The van der Waals surface area contributed by atoms with E-state index in [0.717, 1.165) is 23.7 Å². The predicted octanol–water partition coefficient (Wildman–Crippen LogP) is 2.08. The van der Waals surface area contributed by atoms with Crippen LogP contribution < -0.4 is 0 Å². The molecule has 2 fully saturated rings. The van der Waals surface area contributed by atoms with Crippen LogP contribution in [0.5, 0.6) is 0 Å².